The largest absolute Gasteiger partial charge is 0.444 e. The molecule has 1 aromatic carbocycles. The highest BCUT2D eigenvalue weighted by molar-refractivity contribution is 5.89. The van der Waals surface area contributed by atoms with Crippen molar-refractivity contribution in [3.8, 4) is 0 Å². The summed E-state index contributed by atoms with van der Waals surface area (Å²) in [7, 11) is 0. The zero-order valence-corrected chi connectivity index (χ0v) is 17.3. The van der Waals surface area contributed by atoms with Crippen LogP contribution in [0.1, 0.15) is 52.0 Å². The summed E-state index contributed by atoms with van der Waals surface area (Å²) in [6, 6.07) is 4.34. The third-order valence-electron chi connectivity index (χ3n) is 5.26. The van der Waals surface area contributed by atoms with Gasteiger partial charge in [-0.2, -0.15) is 0 Å². The van der Waals surface area contributed by atoms with Crippen LogP contribution in [0.25, 0.3) is 10.9 Å². The van der Waals surface area contributed by atoms with E-state index in [9.17, 15) is 14.0 Å². The van der Waals surface area contributed by atoms with Crippen LogP contribution >= 0.6 is 0 Å². The Kier molecular flexibility index (Phi) is 6.45. The lowest BCUT2D eigenvalue weighted by Gasteiger charge is -2.26. The van der Waals surface area contributed by atoms with Gasteiger partial charge in [0.1, 0.15) is 11.4 Å². The van der Waals surface area contributed by atoms with Crippen LogP contribution < -0.4 is 10.6 Å². The first-order valence-electron chi connectivity index (χ1n) is 10.2. The predicted molar refractivity (Wildman–Crippen MR) is 110 cm³/mol. The monoisotopic (exact) mass is 403 g/mol. The molecule has 3 N–H and O–H groups in total. The summed E-state index contributed by atoms with van der Waals surface area (Å²) in [5.41, 5.74) is 0.983. The molecule has 6 nitrogen and oxygen atoms in total. The van der Waals surface area contributed by atoms with Crippen molar-refractivity contribution in [2.24, 2.45) is 5.92 Å². The molecule has 1 heterocycles. The maximum Gasteiger partial charge on any atom is 0.407 e. The molecule has 29 heavy (non-hydrogen) atoms. The van der Waals surface area contributed by atoms with Crippen molar-refractivity contribution in [2.45, 2.75) is 64.5 Å². The van der Waals surface area contributed by atoms with Crippen LogP contribution in [0.3, 0.4) is 0 Å². The number of aromatic amines is 1. The number of aromatic nitrogens is 1. The molecule has 0 radical (unpaired) electrons. The molecular formula is C22H30FN3O3. The van der Waals surface area contributed by atoms with Crippen LogP contribution in [0.5, 0.6) is 0 Å². The third-order valence-corrected chi connectivity index (χ3v) is 5.26. The number of fused-ring (bicyclic) bond motifs is 1. The summed E-state index contributed by atoms with van der Waals surface area (Å²) >= 11 is 0. The molecule has 1 saturated carbocycles. The first kappa shape index (κ1) is 21.1. The maximum absolute atomic E-state index is 13.6. The Balaban J connectivity index is 1.62. The third kappa shape index (κ3) is 5.95. The van der Waals surface area contributed by atoms with Crippen molar-refractivity contribution in [3.63, 3.8) is 0 Å². The number of benzene rings is 1. The van der Waals surface area contributed by atoms with E-state index in [4.69, 9.17) is 4.74 Å². The highest BCUT2D eigenvalue weighted by Gasteiger charge is 2.27. The zero-order valence-electron chi connectivity index (χ0n) is 17.3. The number of halogens is 1. The van der Waals surface area contributed by atoms with E-state index < -0.39 is 11.7 Å². The summed E-state index contributed by atoms with van der Waals surface area (Å²) in [6.07, 6.45) is 5.73. The van der Waals surface area contributed by atoms with Gasteiger partial charge in [-0.05, 0) is 63.3 Å². The number of hydrogen-bond acceptors (Lipinski definition) is 3. The Morgan fingerprint density at radius 2 is 2.00 bits per heavy atom. The van der Waals surface area contributed by atoms with Crippen molar-refractivity contribution in [1.82, 2.24) is 15.6 Å². The molecule has 2 amide bonds. The van der Waals surface area contributed by atoms with E-state index in [1.54, 1.807) is 12.3 Å². The van der Waals surface area contributed by atoms with Gasteiger partial charge in [0.05, 0.1) is 6.42 Å². The molecule has 1 atom stereocenters. The number of hydrogen-bond donors (Lipinski definition) is 3. The molecule has 1 aliphatic rings. The first-order chi connectivity index (χ1) is 13.7. The minimum Gasteiger partial charge on any atom is -0.444 e. The molecule has 1 aliphatic carbocycles. The topological polar surface area (TPSA) is 83.2 Å². The van der Waals surface area contributed by atoms with Crippen LogP contribution in [0.2, 0.25) is 0 Å². The standard InChI is InChI=1S/C22H30FN3O3/c1-22(2,3)29-21(28)25-13-19(14-6-4-5-7-14)26-20(27)10-15-12-24-18-9-8-16(23)11-17(15)18/h8-9,11-12,14,19,24H,4-7,10,13H2,1-3H3,(H,25,28)(H,26,27)/t19-/m1/s1. The predicted octanol–water partition coefficient (Wildman–Crippen LogP) is 4.05. The molecule has 0 saturated heterocycles. The molecule has 158 valence electrons. The van der Waals surface area contributed by atoms with E-state index in [1.807, 2.05) is 20.8 Å². The van der Waals surface area contributed by atoms with Gasteiger partial charge in [-0.15, -0.1) is 0 Å². The lowest BCUT2D eigenvalue weighted by molar-refractivity contribution is -0.121. The smallest absolute Gasteiger partial charge is 0.407 e. The number of amides is 2. The minimum absolute atomic E-state index is 0.141. The van der Waals surface area contributed by atoms with E-state index in [2.05, 4.69) is 15.6 Å². The van der Waals surface area contributed by atoms with Crippen LogP contribution in [-0.2, 0) is 16.0 Å². The Morgan fingerprint density at radius 3 is 2.69 bits per heavy atom. The Hall–Kier alpha value is -2.57. The normalized spacial score (nSPS) is 16.0. The quantitative estimate of drug-likeness (QED) is 0.680. The van der Waals surface area contributed by atoms with Gasteiger partial charge in [-0.3, -0.25) is 4.79 Å². The SMILES string of the molecule is CC(C)(C)OC(=O)NC[C@@H](NC(=O)Cc1c[nH]c2ccc(F)cc12)C1CCCC1. The second-order valence-electron chi connectivity index (χ2n) is 8.78. The van der Waals surface area contributed by atoms with Gasteiger partial charge in [0.2, 0.25) is 5.91 Å². The lowest BCUT2D eigenvalue weighted by Crippen LogP contribution is -2.48. The van der Waals surface area contributed by atoms with Gasteiger partial charge in [0.25, 0.3) is 0 Å². The number of nitrogens with one attached hydrogen (secondary N) is 3. The number of rotatable bonds is 6. The molecule has 0 aliphatic heterocycles. The average Bonchev–Trinajstić information content (AvgIpc) is 3.27. The molecule has 2 aromatic rings. The van der Waals surface area contributed by atoms with Crippen molar-refractivity contribution < 1.29 is 18.7 Å². The number of alkyl carbamates (subject to hydrolysis) is 1. The Labute approximate surface area is 170 Å². The lowest BCUT2D eigenvalue weighted by atomic mass is 9.97. The number of carbonyl (C=O) groups excluding carboxylic acids is 2. The second-order valence-corrected chi connectivity index (χ2v) is 8.78. The van der Waals surface area contributed by atoms with E-state index in [-0.39, 0.29) is 24.2 Å². The second kappa shape index (κ2) is 8.84. The minimum atomic E-state index is -0.569. The number of H-pyrrole nitrogens is 1. The van der Waals surface area contributed by atoms with Crippen molar-refractivity contribution in [2.75, 3.05) is 6.54 Å². The summed E-state index contributed by atoms with van der Waals surface area (Å²) in [5, 5.41) is 6.58. The fourth-order valence-electron chi connectivity index (χ4n) is 3.93. The molecule has 1 fully saturated rings. The van der Waals surface area contributed by atoms with Gasteiger partial charge in [0, 0.05) is 29.7 Å². The Bertz CT molecular complexity index is 866. The molecule has 0 bridgehead atoms. The van der Waals surface area contributed by atoms with Crippen LogP contribution in [0.4, 0.5) is 9.18 Å². The molecule has 0 spiro atoms. The molecule has 0 unspecified atom stereocenters. The molecular weight excluding hydrogens is 373 g/mol. The number of ether oxygens (including phenoxy) is 1. The first-order valence-corrected chi connectivity index (χ1v) is 10.2. The summed E-state index contributed by atoms with van der Waals surface area (Å²) in [6.45, 7) is 5.76. The van der Waals surface area contributed by atoms with Gasteiger partial charge >= 0.3 is 6.09 Å². The zero-order chi connectivity index (χ0) is 21.0. The fraction of sp³-hybridized carbons (Fsp3) is 0.545. The van der Waals surface area contributed by atoms with Crippen LogP contribution in [0, 0.1) is 11.7 Å². The van der Waals surface area contributed by atoms with Crippen molar-refractivity contribution in [1.29, 1.82) is 0 Å². The molecule has 3 rings (SSSR count). The van der Waals surface area contributed by atoms with E-state index in [0.717, 1.165) is 36.8 Å². The summed E-state index contributed by atoms with van der Waals surface area (Å²) in [5.74, 6) is -0.142. The maximum atomic E-state index is 13.6. The van der Waals surface area contributed by atoms with Gasteiger partial charge in [-0.1, -0.05) is 12.8 Å². The van der Waals surface area contributed by atoms with E-state index >= 15 is 0 Å². The van der Waals surface area contributed by atoms with E-state index in [1.165, 1.54) is 12.1 Å². The number of carbonyl (C=O) groups is 2. The summed E-state index contributed by atoms with van der Waals surface area (Å²) in [4.78, 5) is 27.8. The average molecular weight is 403 g/mol. The van der Waals surface area contributed by atoms with Crippen molar-refractivity contribution >= 4 is 22.9 Å². The van der Waals surface area contributed by atoms with Crippen LogP contribution in [0.15, 0.2) is 24.4 Å². The Morgan fingerprint density at radius 1 is 1.28 bits per heavy atom. The molecule has 7 heteroatoms. The molecule has 1 aromatic heterocycles. The highest BCUT2D eigenvalue weighted by atomic mass is 19.1. The van der Waals surface area contributed by atoms with Gasteiger partial charge in [0.15, 0.2) is 0 Å². The van der Waals surface area contributed by atoms with Crippen LogP contribution in [-0.4, -0.2) is 35.2 Å². The summed E-state index contributed by atoms with van der Waals surface area (Å²) < 4.78 is 18.9. The van der Waals surface area contributed by atoms with Crippen molar-refractivity contribution in [3.05, 3.63) is 35.8 Å². The van der Waals surface area contributed by atoms with Gasteiger partial charge in [-0.25, -0.2) is 9.18 Å². The van der Waals surface area contributed by atoms with E-state index in [0.29, 0.717) is 17.8 Å². The van der Waals surface area contributed by atoms with Gasteiger partial charge < -0.3 is 20.4 Å². The highest BCUT2D eigenvalue weighted by Crippen LogP contribution is 2.28. The fourth-order valence-corrected chi connectivity index (χ4v) is 3.93.